The van der Waals surface area contributed by atoms with Crippen LogP contribution in [0, 0.1) is 0 Å². The SMILES string of the molecule is O=C(CSc1nnc(-c2ccc(Cl)cc2)o1)NC1=NN=C(c2ccccc2)CS1. The van der Waals surface area contributed by atoms with Gasteiger partial charge < -0.3 is 9.73 Å². The zero-order chi connectivity index (χ0) is 20.1. The number of thioether (sulfide) groups is 2. The number of amidine groups is 1. The van der Waals surface area contributed by atoms with Gasteiger partial charge in [0.25, 0.3) is 5.22 Å². The van der Waals surface area contributed by atoms with Gasteiger partial charge >= 0.3 is 0 Å². The molecule has 1 aliphatic rings. The summed E-state index contributed by atoms with van der Waals surface area (Å²) in [6, 6.07) is 16.9. The first-order chi connectivity index (χ1) is 14.2. The van der Waals surface area contributed by atoms with Crippen molar-refractivity contribution < 1.29 is 9.21 Å². The van der Waals surface area contributed by atoms with E-state index in [1.54, 1.807) is 24.3 Å². The van der Waals surface area contributed by atoms with Gasteiger partial charge in [0.05, 0.1) is 11.5 Å². The van der Waals surface area contributed by atoms with Crippen LogP contribution in [0.1, 0.15) is 5.56 Å². The van der Waals surface area contributed by atoms with Gasteiger partial charge in [0.2, 0.25) is 11.8 Å². The van der Waals surface area contributed by atoms with Crippen LogP contribution < -0.4 is 5.32 Å². The number of amides is 1. The molecule has 0 unspecified atom stereocenters. The normalized spacial score (nSPS) is 13.6. The van der Waals surface area contributed by atoms with Gasteiger partial charge in [-0.05, 0) is 29.8 Å². The molecule has 3 aromatic rings. The predicted octanol–water partition coefficient (Wildman–Crippen LogP) is 4.11. The van der Waals surface area contributed by atoms with E-state index < -0.39 is 0 Å². The van der Waals surface area contributed by atoms with Crippen LogP contribution >= 0.6 is 35.1 Å². The monoisotopic (exact) mass is 443 g/mol. The minimum atomic E-state index is -0.217. The second-order valence-corrected chi connectivity index (χ2v) is 8.15. The van der Waals surface area contributed by atoms with Crippen molar-refractivity contribution in [2.75, 3.05) is 11.5 Å². The van der Waals surface area contributed by atoms with Crippen LogP contribution in [0.3, 0.4) is 0 Å². The Hall–Kier alpha value is -2.62. The third kappa shape index (κ3) is 5.26. The smallest absolute Gasteiger partial charge is 0.277 e. The molecule has 1 N–H and O–H groups in total. The highest BCUT2D eigenvalue weighted by Gasteiger charge is 2.16. The molecule has 2 aromatic carbocycles. The maximum atomic E-state index is 12.2. The van der Waals surface area contributed by atoms with Crippen molar-refractivity contribution in [1.82, 2.24) is 15.5 Å². The zero-order valence-electron chi connectivity index (χ0n) is 14.9. The minimum Gasteiger partial charge on any atom is -0.411 e. The molecule has 0 fully saturated rings. The number of rotatable bonds is 5. The van der Waals surface area contributed by atoms with E-state index in [2.05, 4.69) is 25.7 Å². The highest BCUT2D eigenvalue weighted by molar-refractivity contribution is 8.14. The largest absolute Gasteiger partial charge is 0.411 e. The number of nitrogens with zero attached hydrogens (tertiary/aromatic N) is 4. The number of hydrogen-bond donors (Lipinski definition) is 1. The molecule has 29 heavy (non-hydrogen) atoms. The molecule has 0 bridgehead atoms. The predicted molar refractivity (Wildman–Crippen MR) is 116 cm³/mol. The summed E-state index contributed by atoms with van der Waals surface area (Å²) in [5, 5.41) is 20.4. The lowest BCUT2D eigenvalue weighted by molar-refractivity contribution is -0.117. The zero-order valence-corrected chi connectivity index (χ0v) is 17.3. The van der Waals surface area contributed by atoms with Gasteiger partial charge in [-0.2, -0.15) is 5.10 Å². The second kappa shape index (κ2) is 9.25. The Morgan fingerprint density at radius 3 is 2.59 bits per heavy atom. The van der Waals surface area contributed by atoms with Crippen molar-refractivity contribution in [2.45, 2.75) is 5.22 Å². The fourth-order valence-electron chi connectivity index (χ4n) is 2.39. The molecule has 0 radical (unpaired) electrons. The van der Waals surface area contributed by atoms with Gasteiger partial charge in [-0.3, -0.25) is 4.79 Å². The van der Waals surface area contributed by atoms with Crippen molar-refractivity contribution in [1.29, 1.82) is 0 Å². The van der Waals surface area contributed by atoms with Gasteiger partial charge in [0, 0.05) is 16.3 Å². The average molecular weight is 444 g/mol. The Kier molecular flexibility index (Phi) is 6.28. The number of benzene rings is 2. The van der Waals surface area contributed by atoms with E-state index in [1.807, 2.05) is 30.3 Å². The maximum absolute atomic E-state index is 12.2. The fraction of sp³-hybridized carbons (Fsp3) is 0.105. The Morgan fingerprint density at radius 2 is 1.86 bits per heavy atom. The lowest BCUT2D eigenvalue weighted by Gasteiger charge is -2.12. The van der Waals surface area contributed by atoms with Crippen LogP contribution in [0.2, 0.25) is 5.02 Å². The molecule has 2 heterocycles. The van der Waals surface area contributed by atoms with E-state index in [0.717, 1.165) is 28.6 Å². The molecule has 1 aromatic heterocycles. The molecule has 0 saturated heterocycles. The minimum absolute atomic E-state index is 0.122. The number of halogens is 1. The van der Waals surface area contributed by atoms with Crippen LogP contribution in [-0.4, -0.2) is 38.5 Å². The molecule has 7 nitrogen and oxygen atoms in total. The van der Waals surface area contributed by atoms with E-state index in [4.69, 9.17) is 16.0 Å². The van der Waals surface area contributed by atoms with E-state index in [1.165, 1.54) is 11.8 Å². The van der Waals surface area contributed by atoms with E-state index >= 15 is 0 Å². The van der Waals surface area contributed by atoms with Crippen molar-refractivity contribution in [2.24, 2.45) is 10.2 Å². The number of carbonyl (C=O) groups excluding carboxylic acids is 1. The third-order valence-electron chi connectivity index (χ3n) is 3.78. The van der Waals surface area contributed by atoms with Gasteiger partial charge in [0.15, 0.2) is 5.17 Å². The van der Waals surface area contributed by atoms with Crippen molar-refractivity contribution in [3.8, 4) is 11.5 Å². The first kappa shape index (κ1) is 19.7. The maximum Gasteiger partial charge on any atom is 0.277 e. The highest BCUT2D eigenvalue weighted by Crippen LogP contribution is 2.24. The van der Waals surface area contributed by atoms with E-state index in [9.17, 15) is 4.79 Å². The van der Waals surface area contributed by atoms with Crippen LogP contribution in [0.15, 0.2) is 74.4 Å². The summed E-state index contributed by atoms with van der Waals surface area (Å²) in [5.74, 6) is 0.923. The van der Waals surface area contributed by atoms with Crippen molar-refractivity contribution in [3.05, 3.63) is 65.2 Å². The van der Waals surface area contributed by atoms with Crippen LogP contribution in [0.5, 0.6) is 0 Å². The summed E-state index contributed by atoms with van der Waals surface area (Å²) >= 11 is 8.46. The molecule has 0 spiro atoms. The third-order valence-corrected chi connectivity index (χ3v) is 5.73. The molecular formula is C19H14ClN5O2S2. The Balaban J connectivity index is 1.30. The summed E-state index contributed by atoms with van der Waals surface area (Å²) in [5.41, 5.74) is 2.67. The highest BCUT2D eigenvalue weighted by atomic mass is 35.5. The molecule has 1 amide bonds. The molecule has 0 aliphatic carbocycles. The first-order valence-electron chi connectivity index (χ1n) is 8.52. The standard InChI is InChI=1S/C19H14ClN5O2S2/c20-14-8-6-13(7-9-14)17-23-25-19(27-17)29-11-16(26)21-18-24-22-15(10-28-18)12-4-2-1-3-5-12/h1-9H,10-11H2,(H,21,24,26). The average Bonchev–Trinajstić information content (AvgIpc) is 3.23. The van der Waals surface area contributed by atoms with Crippen LogP contribution in [0.25, 0.3) is 11.5 Å². The van der Waals surface area contributed by atoms with Crippen LogP contribution in [0.4, 0.5) is 0 Å². The summed E-state index contributed by atoms with van der Waals surface area (Å²) in [6.45, 7) is 0. The van der Waals surface area contributed by atoms with Gasteiger partial charge in [-0.15, -0.1) is 15.3 Å². The number of aromatic nitrogens is 2. The number of hydrogen-bond acceptors (Lipinski definition) is 8. The Morgan fingerprint density at radius 1 is 1.07 bits per heavy atom. The molecular weight excluding hydrogens is 430 g/mol. The lowest BCUT2D eigenvalue weighted by atomic mass is 10.1. The van der Waals surface area contributed by atoms with Gasteiger partial charge in [-0.25, -0.2) is 0 Å². The van der Waals surface area contributed by atoms with Crippen molar-refractivity contribution >= 4 is 51.9 Å². The van der Waals surface area contributed by atoms with Gasteiger partial charge in [-0.1, -0.05) is 65.5 Å². The molecule has 0 saturated carbocycles. The quantitative estimate of drug-likeness (QED) is 0.596. The molecule has 10 heteroatoms. The lowest BCUT2D eigenvalue weighted by Crippen LogP contribution is -2.31. The Bertz CT molecular complexity index is 1070. The fourth-order valence-corrected chi connectivity index (χ4v) is 3.86. The summed E-state index contributed by atoms with van der Waals surface area (Å²) in [4.78, 5) is 12.2. The second-order valence-electron chi connectivity index (χ2n) is 5.82. The summed E-state index contributed by atoms with van der Waals surface area (Å²) in [7, 11) is 0. The molecule has 0 atom stereocenters. The number of carbonyl (C=O) groups is 1. The van der Waals surface area contributed by atoms with E-state index in [0.29, 0.717) is 27.1 Å². The number of nitrogens with one attached hydrogen (secondary N) is 1. The molecule has 4 rings (SSSR count). The van der Waals surface area contributed by atoms with Crippen molar-refractivity contribution in [3.63, 3.8) is 0 Å². The molecule has 146 valence electrons. The van der Waals surface area contributed by atoms with E-state index in [-0.39, 0.29) is 11.7 Å². The van der Waals surface area contributed by atoms with Crippen LogP contribution in [-0.2, 0) is 4.79 Å². The first-order valence-corrected chi connectivity index (χ1v) is 10.9. The summed E-state index contributed by atoms with van der Waals surface area (Å²) < 4.78 is 5.57. The topological polar surface area (TPSA) is 92.7 Å². The van der Waals surface area contributed by atoms with Gasteiger partial charge in [0.1, 0.15) is 0 Å². The molecule has 1 aliphatic heterocycles. The Labute approximate surface area is 180 Å². The summed E-state index contributed by atoms with van der Waals surface area (Å²) in [6.07, 6.45) is 0.